The number of ether oxygens (including phenoxy) is 1. The number of nitrogens with zero attached hydrogens (tertiary/aromatic N) is 4. The van der Waals surface area contributed by atoms with Crippen molar-refractivity contribution in [2.75, 3.05) is 5.32 Å². The zero-order chi connectivity index (χ0) is 18.7. The maximum absolute atomic E-state index is 12.2. The summed E-state index contributed by atoms with van der Waals surface area (Å²) in [5, 5.41) is 6.85. The number of carbonyl (C=O) groups excluding carboxylic acids is 1. The average Bonchev–Trinajstić information content (AvgIpc) is 3.04. The molecule has 1 aromatic carbocycles. The van der Waals surface area contributed by atoms with E-state index in [0.717, 1.165) is 17.0 Å². The summed E-state index contributed by atoms with van der Waals surface area (Å²) in [6, 6.07) is 5.77. The number of halogens is 2. The number of hydrogen-bond donors (Lipinski definition) is 1. The van der Waals surface area contributed by atoms with Crippen LogP contribution in [0.4, 0.5) is 14.5 Å². The van der Waals surface area contributed by atoms with E-state index in [0.29, 0.717) is 17.9 Å². The minimum atomic E-state index is -2.88. The summed E-state index contributed by atoms with van der Waals surface area (Å²) in [5.74, 6) is 0.376. The molecule has 0 aliphatic rings. The van der Waals surface area contributed by atoms with Crippen molar-refractivity contribution >= 4 is 17.4 Å². The molecule has 0 saturated carbocycles. The Morgan fingerprint density at radius 3 is 2.69 bits per heavy atom. The van der Waals surface area contributed by atoms with E-state index < -0.39 is 6.61 Å². The first-order valence-electron chi connectivity index (χ1n) is 7.94. The highest BCUT2D eigenvalue weighted by Gasteiger charge is 2.13. The van der Waals surface area contributed by atoms with Crippen LogP contribution in [0.5, 0.6) is 5.75 Å². The van der Waals surface area contributed by atoms with Crippen LogP contribution in [0.15, 0.2) is 30.6 Å². The van der Waals surface area contributed by atoms with Gasteiger partial charge in [-0.05, 0) is 50.1 Å². The molecular formula is C17H17F2N5O2. The SMILES string of the molecule is Cc1nc2ncnn2c(C)c1CCC(=O)Nc1ccc(OC(F)F)cc1. The van der Waals surface area contributed by atoms with Crippen LogP contribution in [0.1, 0.15) is 23.4 Å². The first-order chi connectivity index (χ1) is 12.4. The predicted octanol–water partition coefficient (Wildman–Crippen LogP) is 2.91. The van der Waals surface area contributed by atoms with E-state index in [2.05, 4.69) is 25.1 Å². The number of alkyl halides is 2. The van der Waals surface area contributed by atoms with Gasteiger partial charge in [0.15, 0.2) is 0 Å². The van der Waals surface area contributed by atoms with Crippen LogP contribution < -0.4 is 10.1 Å². The standard InChI is InChI=1S/C17H17F2N5O2/c1-10-14(11(2)24-17(22-10)20-9-21-24)7-8-15(25)23-12-3-5-13(6-4-12)26-16(18)19/h3-6,9,16H,7-8H2,1-2H3,(H,23,25). The molecule has 0 fully saturated rings. The first kappa shape index (κ1) is 17.7. The second-order valence-electron chi connectivity index (χ2n) is 5.68. The molecular weight excluding hydrogens is 344 g/mol. The average molecular weight is 361 g/mol. The highest BCUT2D eigenvalue weighted by Crippen LogP contribution is 2.19. The Morgan fingerprint density at radius 1 is 1.27 bits per heavy atom. The van der Waals surface area contributed by atoms with E-state index in [9.17, 15) is 13.6 Å². The third kappa shape index (κ3) is 3.93. The fourth-order valence-electron chi connectivity index (χ4n) is 2.70. The molecule has 136 valence electrons. The molecule has 0 bridgehead atoms. The van der Waals surface area contributed by atoms with Crippen LogP contribution in [0.25, 0.3) is 5.78 Å². The lowest BCUT2D eigenvalue weighted by atomic mass is 10.1. The van der Waals surface area contributed by atoms with Gasteiger partial charge < -0.3 is 10.1 Å². The molecule has 2 heterocycles. The van der Waals surface area contributed by atoms with Gasteiger partial charge in [-0.25, -0.2) is 9.50 Å². The molecule has 0 radical (unpaired) electrons. The summed E-state index contributed by atoms with van der Waals surface area (Å²) in [6.07, 6.45) is 2.18. The van der Waals surface area contributed by atoms with Crippen LogP contribution in [0.3, 0.4) is 0 Å². The highest BCUT2D eigenvalue weighted by molar-refractivity contribution is 5.90. The summed E-state index contributed by atoms with van der Waals surface area (Å²) in [5.41, 5.74) is 3.16. The third-order valence-electron chi connectivity index (χ3n) is 3.95. The Hall–Kier alpha value is -3.10. The van der Waals surface area contributed by atoms with Crippen molar-refractivity contribution < 1.29 is 18.3 Å². The molecule has 0 saturated heterocycles. The number of benzene rings is 1. The number of anilines is 1. The second kappa shape index (κ2) is 7.42. The minimum Gasteiger partial charge on any atom is -0.435 e. The van der Waals surface area contributed by atoms with Crippen molar-refractivity contribution in [2.24, 2.45) is 0 Å². The number of amides is 1. The van der Waals surface area contributed by atoms with Gasteiger partial charge in [0.2, 0.25) is 5.91 Å². The number of aryl methyl sites for hydroxylation is 2. The fraction of sp³-hybridized carbons (Fsp3) is 0.294. The molecule has 0 unspecified atom stereocenters. The number of aromatic nitrogens is 4. The minimum absolute atomic E-state index is 0.0384. The highest BCUT2D eigenvalue weighted by atomic mass is 19.3. The number of fused-ring (bicyclic) bond motifs is 1. The number of hydrogen-bond acceptors (Lipinski definition) is 5. The quantitative estimate of drug-likeness (QED) is 0.730. The molecule has 0 aliphatic heterocycles. The molecule has 1 amide bonds. The molecule has 2 aromatic heterocycles. The molecule has 9 heteroatoms. The Balaban J connectivity index is 1.62. The van der Waals surface area contributed by atoms with E-state index in [1.807, 2.05) is 13.8 Å². The predicted molar refractivity (Wildman–Crippen MR) is 90.3 cm³/mol. The smallest absolute Gasteiger partial charge is 0.387 e. The van der Waals surface area contributed by atoms with Crippen molar-refractivity contribution in [3.05, 3.63) is 47.5 Å². The number of rotatable bonds is 6. The molecule has 0 aliphatic carbocycles. The zero-order valence-electron chi connectivity index (χ0n) is 14.2. The largest absolute Gasteiger partial charge is 0.435 e. The van der Waals surface area contributed by atoms with Crippen molar-refractivity contribution in [3.8, 4) is 5.75 Å². The zero-order valence-corrected chi connectivity index (χ0v) is 14.2. The topological polar surface area (TPSA) is 81.4 Å². The van der Waals surface area contributed by atoms with Gasteiger partial charge in [-0.3, -0.25) is 4.79 Å². The van der Waals surface area contributed by atoms with Crippen molar-refractivity contribution in [1.82, 2.24) is 19.6 Å². The normalized spacial score (nSPS) is 11.1. The second-order valence-corrected chi connectivity index (χ2v) is 5.68. The molecule has 0 atom stereocenters. The Kier molecular flexibility index (Phi) is 5.06. The van der Waals surface area contributed by atoms with Gasteiger partial charge in [-0.1, -0.05) is 0 Å². The summed E-state index contributed by atoms with van der Waals surface area (Å²) in [6.45, 7) is 0.903. The van der Waals surface area contributed by atoms with Crippen LogP contribution in [0, 0.1) is 13.8 Å². The lowest BCUT2D eigenvalue weighted by Crippen LogP contribution is -2.14. The van der Waals surface area contributed by atoms with Gasteiger partial charge in [-0.2, -0.15) is 18.9 Å². The first-order valence-corrected chi connectivity index (χ1v) is 7.94. The monoisotopic (exact) mass is 361 g/mol. The van der Waals surface area contributed by atoms with Gasteiger partial charge in [0.1, 0.15) is 12.1 Å². The van der Waals surface area contributed by atoms with Crippen molar-refractivity contribution in [3.63, 3.8) is 0 Å². The van der Waals surface area contributed by atoms with E-state index in [-0.39, 0.29) is 18.1 Å². The Morgan fingerprint density at radius 2 is 2.00 bits per heavy atom. The van der Waals surface area contributed by atoms with Gasteiger partial charge >= 0.3 is 6.61 Å². The van der Waals surface area contributed by atoms with Crippen LogP contribution in [0.2, 0.25) is 0 Å². The van der Waals surface area contributed by atoms with Gasteiger partial charge in [0, 0.05) is 23.5 Å². The summed E-state index contributed by atoms with van der Waals surface area (Å²) < 4.78 is 30.2. The summed E-state index contributed by atoms with van der Waals surface area (Å²) in [4.78, 5) is 20.6. The maximum Gasteiger partial charge on any atom is 0.387 e. The van der Waals surface area contributed by atoms with E-state index in [4.69, 9.17) is 0 Å². The van der Waals surface area contributed by atoms with Crippen molar-refractivity contribution in [2.45, 2.75) is 33.3 Å². The van der Waals surface area contributed by atoms with Crippen molar-refractivity contribution in [1.29, 1.82) is 0 Å². The molecule has 3 aromatic rings. The lowest BCUT2D eigenvalue weighted by molar-refractivity contribution is -0.116. The molecule has 1 N–H and O–H groups in total. The van der Waals surface area contributed by atoms with Gasteiger partial charge in [-0.15, -0.1) is 0 Å². The van der Waals surface area contributed by atoms with Crippen LogP contribution in [-0.2, 0) is 11.2 Å². The Bertz CT molecular complexity index is 925. The molecule has 26 heavy (non-hydrogen) atoms. The summed E-state index contributed by atoms with van der Waals surface area (Å²) in [7, 11) is 0. The van der Waals surface area contributed by atoms with E-state index in [1.165, 1.54) is 30.6 Å². The van der Waals surface area contributed by atoms with Gasteiger partial charge in [0.25, 0.3) is 5.78 Å². The molecule has 7 nitrogen and oxygen atoms in total. The molecule has 0 spiro atoms. The number of nitrogens with one attached hydrogen (secondary N) is 1. The van der Waals surface area contributed by atoms with E-state index in [1.54, 1.807) is 4.52 Å². The summed E-state index contributed by atoms with van der Waals surface area (Å²) >= 11 is 0. The van der Waals surface area contributed by atoms with Crippen LogP contribution in [-0.4, -0.2) is 32.1 Å². The van der Waals surface area contributed by atoms with Crippen LogP contribution >= 0.6 is 0 Å². The lowest BCUT2D eigenvalue weighted by Gasteiger charge is -2.11. The number of carbonyl (C=O) groups is 1. The molecule has 3 rings (SSSR count). The maximum atomic E-state index is 12.2. The fourth-order valence-corrected chi connectivity index (χ4v) is 2.70. The van der Waals surface area contributed by atoms with E-state index >= 15 is 0 Å². The van der Waals surface area contributed by atoms with Gasteiger partial charge in [0.05, 0.1) is 0 Å². The Labute approximate surface area is 148 Å². The third-order valence-corrected chi connectivity index (χ3v) is 3.95.